The molecule has 0 amide bonds. The molecule has 0 N–H and O–H groups in total. The summed E-state index contributed by atoms with van der Waals surface area (Å²) in [6, 6.07) is 14.8. The van der Waals surface area contributed by atoms with Crippen molar-refractivity contribution in [3.63, 3.8) is 0 Å². The van der Waals surface area contributed by atoms with Crippen molar-refractivity contribution >= 4 is 11.0 Å². The van der Waals surface area contributed by atoms with E-state index in [-0.39, 0.29) is 11.5 Å². The lowest BCUT2D eigenvalue weighted by molar-refractivity contribution is 0.144. The molecule has 2 aromatic carbocycles. The molecule has 0 saturated carbocycles. The predicted octanol–water partition coefficient (Wildman–Crippen LogP) is 4.18. The molecule has 4 rings (SSSR count). The maximum Gasteiger partial charge on any atom is 0.297 e. The van der Waals surface area contributed by atoms with E-state index in [2.05, 4.69) is 42.5 Å². The standard InChI is InChI=1S/C21H24N2O3/c1-21(2,3)14-5-7-15(8-6-14)25-13-17-12-23-19-11-16(24-4)9-10-18(19)22-20(23)26-17/h5-11,17H,12-13H2,1-4H3/t17-/m0/s1. The first-order chi connectivity index (χ1) is 12.4. The van der Waals surface area contributed by atoms with E-state index in [9.17, 15) is 0 Å². The molecule has 0 saturated heterocycles. The highest BCUT2D eigenvalue weighted by molar-refractivity contribution is 5.78. The Morgan fingerprint density at radius 2 is 1.85 bits per heavy atom. The normalized spacial score (nSPS) is 16.4. The number of ether oxygens (including phenoxy) is 3. The van der Waals surface area contributed by atoms with Gasteiger partial charge in [0.25, 0.3) is 6.01 Å². The lowest BCUT2D eigenvalue weighted by Gasteiger charge is -2.19. The Bertz CT molecular complexity index is 923. The molecule has 1 atom stereocenters. The van der Waals surface area contributed by atoms with Gasteiger partial charge < -0.3 is 14.2 Å². The fourth-order valence-electron chi connectivity index (χ4n) is 3.19. The smallest absolute Gasteiger partial charge is 0.297 e. The van der Waals surface area contributed by atoms with Gasteiger partial charge in [-0.2, -0.15) is 4.98 Å². The quantitative estimate of drug-likeness (QED) is 0.706. The summed E-state index contributed by atoms with van der Waals surface area (Å²) >= 11 is 0. The SMILES string of the molecule is COc1ccc2nc3n(c2c1)C[C@@H](COc1ccc(C(C)(C)C)cc1)O3. The summed E-state index contributed by atoms with van der Waals surface area (Å²) in [4.78, 5) is 4.54. The van der Waals surface area contributed by atoms with E-state index in [1.54, 1.807) is 7.11 Å². The van der Waals surface area contributed by atoms with Crippen LogP contribution < -0.4 is 14.2 Å². The zero-order valence-corrected chi connectivity index (χ0v) is 15.7. The van der Waals surface area contributed by atoms with Crippen LogP contribution in [0.4, 0.5) is 0 Å². The van der Waals surface area contributed by atoms with E-state index in [0.29, 0.717) is 12.6 Å². The average Bonchev–Trinajstić information content (AvgIpc) is 3.16. The van der Waals surface area contributed by atoms with Crippen LogP contribution >= 0.6 is 0 Å². The summed E-state index contributed by atoms with van der Waals surface area (Å²) < 4.78 is 19.3. The molecule has 136 valence electrons. The first kappa shape index (κ1) is 16.8. The molecule has 2 heterocycles. The zero-order valence-electron chi connectivity index (χ0n) is 15.7. The van der Waals surface area contributed by atoms with Gasteiger partial charge in [0, 0.05) is 6.07 Å². The van der Waals surface area contributed by atoms with Crippen LogP contribution in [-0.2, 0) is 12.0 Å². The van der Waals surface area contributed by atoms with Crippen LogP contribution in [0.2, 0.25) is 0 Å². The highest BCUT2D eigenvalue weighted by atomic mass is 16.6. The van der Waals surface area contributed by atoms with E-state index >= 15 is 0 Å². The van der Waals surface area contributed by atoms with Gasteiger partial charge in [-0.1, -0.05) is 32.9 Å². The second kappa shape index (κ2) is 6.24. The molecule has 0 spiro atoms. The van der Waals surface area contributed by atoms with Gasteiger partial charge >= 0.3 is 0 Å². The molecule has 1 aromatic heterocycles. The fourth-order valence-corrected chi connectivity index (χ4v) is 3.19. The number of aromatic nitrogens is 2. The van der Waals surface area contributed by atoms with Gasteiger partial charge in [0.1, 0.15) is 18.1 Å². The predicted molar refractivity (Wildman–Crippen MR) is 101 cm³/mol. The number of rotatable bonds is 4. The molecule has 5 nitrogen and oxygen atoms in total. The lowest BCUT2D eigenvalue weighted by Crippen LogP contribution is -2.23. The Balaban J connectivity index is 1.42. The number of benzene rings is 2. The highest BCUT2D eigenvalue weighted by Gasteiger charge is 2.27. The molecular formula is C21H24N2O3. The second-order valence-electron chi connectivity index (χ2n) is 7.68. The zero-order chi connectivity index (χ0) is 18.3. The van der Waals surface area contributed by atoms with Crippen molar-refractivity contribution in [2.45, 2.75) is 38.8 Å². The van der Waals surface area contributed by atoms with Crippen molar-refractivity contribution < 1.29 is 14.2 Å². The van der Waals surface area contributed by atoms with Gasteiger partial charge in [-0.05, 0) is 35.2 Å². The Kier molecular flexibility index (Phi) is 4.02. The van der Waals surface area contributed by atoms with Crippen LogP contribution in [0.1, 0.15) is 26.3 Å². The summed E-state index contributed by atoms with van der Waals surface area (Å²) in [7, 11) is 1.67. The van der Waals surface area contributed by atoms with E-state index in [0.717, 1.165) is 29.1 Å². The monoisotopic (exact) mass is 352 g/mol. The summed E-state index contributed by atoms with van der Waals surface area (Å²) in [6.45, 7) is 7.82. The van der Waals surface area contributed by atoms with Gasteiger partial charge in [-0.15, -0.1) is 0 Å². The lowest BCUT2D eigenvalue weighted by atomic mass is 9.87. The topological polar surface area (TPSA) is 45.5 Å². The minimum atomic E-state index is -0.0459. The number of hydrogen-bond donors (Lipinski definition) is 0. The van der Waals surface area contributed by atoms with Crippen LogP contribution in [0.3, 0.4) is 0 Å². The molecule has 3 aromatic rings. The second-order valence-corrected chi connectivity index (χ2v) is 7.68. The molecule has 0 unspecified atom stereocenters. The summed E-state index contributed by atoms with van der Waals surface area (Å²) in [5.41, 5.74) is 3.38. The van der Waals surface area contributed by atoms with Crippen LogP contribution in [0, 0.1) is 0 Å². The van der Waals surface area contributed by atoms with Crippen molar-refractivity contribution in [2.75, 3.05) is 13.7 Å². The first-order valence-corrected chi connectivity index (χ1v) is 8.88. The minimum absolute atomic E-state index is 0.0459. The maximum atomic E-state index is 5.95. The number of fused-ring (bicyclic) bond motifs is 3. The number of nitrogens with zero attached hydrogens (tertiary/aromatic N) is 2. The summed E-state index contributed by atoms with van der Waals surface area (Å²) in [6.07, 6.45) is -0.0459. The number of methoxy groups -OCH3 is 1. The first-order valence-electron chi connectivity index (χ1n) is 8.88. The average molecular weight is 352 g/mol. The number of imidazole rings is 1. The van der Waals surface area contributed by atoms with Crippen molar-refractivity contribution in [2.24, 2.45) is 0 Å². The fraction of sp³-hybridized carbons (Fsp3) is 0.381. The van der Waals surface area contributed by atoms with Gasteiger partial charge in [0.15, 0.2) is 6.10 Å². The van der Waals surface area contributed by atoms with Crippen molar-refractivity contribution in [3.05, 3.63) is 48.0 Å². The molecule has 1 aliphatic rings. The number of hydrogen-bond acceptors (Lipinski definition) is 4. The van der Waals surface area contributed by atoms with Crippen LogP contribution in [0.15, 0.2) is 42.5 Å². The third-order valence-corrected chi connectivity index (χ3v) is 4.73. The molecule has 0 radical (unpaired) electrons. The van der Waals surface area contributed by atoms with Crippen molar-refractivity contribution in [1.82, 2.24) is 9.55 Å². The maximum absolute atomic E-state index is 5.95. The Hall–Kier alpha value is -2.69. The van der Waals surface area contributed by atoms with Crippen molar-refractivity contribution in [1.29, 1.82) is 0 Å². The molecular weight excluding hydrogens is 328 g/mol. The Labute approximate surface area is 153 Å². The Morgan fingerprint density at radius 3 is 2.54 bits per heavy atom. The summed E-state index contributed by atoms with van der Waals surface area (Å²) in [5, 5.41) is 0. The third kappa shape index (κ3) is 3.09. The van der Waals surface area contributed by atoms with Crippen LogP contribution in [-0.4, -0.2) is 29.4 Å². The van der Waals surface area contributed by atoms with E-state index in [1.807, 2.05) is 30.3 Å². The molecule has 0 bridgehead atoms. The van der Waals surface area contributed by atoms with E-state index in [1.165, 1.54) is 5.56 Å². The minimum Gasteiger partial charge on any atom is -0.497 e. The highest BCUT2D eigenvalue weighted by Crippen LogP contribution is 2.30. The third-order valence-electron chi connectivity index (χ3n) is 4.73. The van der Waals surface area contributed by atoms with Gasteiger partial charge in [0.2, 0.25) is 0 Å². The van der Waals surface area contributed by atoms with Gasteiger partial charge in [-0.25, -0.2) is 0 Å². The molecule has 0 aliphatic carbocycles. The van der Waals surface area contributed by atoms with Crippen LogP contribution in [0.25, 0.3) is 11.0 Å². The molecule has 5 heteroatoms. The van der Waals surface area contributed by atoms with Gasteiger partial charge in [-0.3, -0.25) is 4.57 Å². The van der Waals surface area contributed by atoms with Crippen molar-refractivity contribution in [3.8, 4) is 17.5 Å². The van der Waals surface area contributed by atoms with E-state index < -0.39 is 0 Å². The summed E-state index contributed by atoms with van der Waals surface area (Å²) in [5.74, 6) is 1.68. The van der Waals surface area contributed by atoms with Crippen LogP contribution in [0.5, 0.6) is 17.5 Å². The largest absolute Gasteiger partial charge is 0.497 e. The molecule has 0 fully saturated rings. The van der Waals surface area contributed by atoms with E-state index in [4.69, 9.17) is 14.2 Å². The van der Waals surface area contributed by atoms with Gasteiger partial charge in [0.05, 0.1) is 24.7 Å². The Morgan fingerprint density at radius 1 is 1.12 bits per heavy atom. The molecule has 1 aliphatic heterocycles. The molecule has 26 heavy (non-hydrogen) atoms.